The smallest absolute Gasteiger partial charge is 0.255 e. The predicted octanol–water partition coefficient (Wildman–Crippen LogP) is 4.22. The Hall–Kier alpha value is -2.18. The minimum absolute atomic E-state index is 0.207. The zero-order chi connectivity index (χ0) is 20.5. The molecule has 0 spiro atoms. The van der Waals surface area contributed by atoms with E-state index in [-0.39, 0.29) is 10.8 Å². The van der Waals surface area contributed by atoms with Gasteiger partial charge in [0.25, 0.3) is 5.91 Å². The van der Waals surface area contributed by atoms with E-state index in [0.29, 0.717) is 36.2 Å². The van der Waals surface area contributed by atoms with Crippen LogP contribution >= 0.6 is 0 Å². The molecule has 1 heterocycles. The van der Waals surface area contributed by atoms with Gasteiger partial charge in [0.2, 0.25) is 10.0 Å². The van der Waals surface area contributed by atoms with Crippen LogP contribution in [0.5, 0.6) is 0 Å². The zero-order valence-electron chi connectivity index (χ0n) is 16.9. The average Bonchev–Trinajstić information content (AvgIpc) is 2.60. The van der Waals surface area contributed by atoms with Crippen LogP contribution in [-0.4, -0.2) is 31.7 Å². The van der Waals surface area contributed by atoms with E-state index >= 15 is 0 Å². The number of nitrogens with zero attached hydrogens (tertiary/aromatic N) is 1. The third-order valence-electron chi connectivity index (χ3n) is 5.07. The summed E-state index contributed by atoms with van der Waals surface area (Å²) >= 11 is 0. The fraction of sp³-hybridized carbons (Fsp3) is 0.409. The molecule has 0 saturated carbocycles. The molecular formula is C22H28N2O3S. The lowest BCUT2D eigenvalue weighted by atomic mass is 9.94. The Morgan fingerprint density at radius 3 is 2.04 bits per heavy atom. The molecule has 0 aromatic heterocycles. The quantitative estimate of drug-likeness (QED) is 0.835. The van der Waals surface area contributed by atoms with E-state index in [9.17, 15) is 13.2 Å². The molecular weight excluding hydrogens is 372 g/mol. The highest BCUT2D eigenvalue weighted by Crippen LogP contribution is 2.27. The molecule has 1 saturated heterocycles. The van der Waals surface area contributed by atoms with Gasteiger partial charge in [-0.15, -0.1) is 0 Å². The fourth-order valence-electron chi connectivity index (χ4n) is 3.97. The van der Waals surface area contributed by atoms with Gasteiger partial charge in [-0.25, -0.2) is 8.42 Å². The van der Waals surface area contributed by atoms with Gasteiger partial charge in [-0.1, -0.05) is 31.0 Å². The molecule has 2 aromatic carbocycles. The van der Waals surface area contributed by atoms with Crippen molar-refractivity contribution >= 4 is 21.6 Å². The molecule has 28 heavy (non-hydrogen) atoms. The lowest BCUT2D eigenvalue weighted by molar-refractivity contribution is 0.102. The van der Waals surface area contributed by atoms with Gasteiger partial charge in [0, 0.05) is 24.3 Å². The van der Waals surface area contributed by atoms with Gasteiger partial charge in [0.1, 0.15) is 0 Å². The summed E-state index contributed by atoms with van der Waals surface area (Å²) < 4.78 is 27.5. The van der Waals surface area contributed by atoms with E-state index < -0.39 is 10.0 Å². The number of aryl methyl sites for hydroxylation is 2. The molecule has 1 aliphatic rings. The Balaban J connectivity index is 1.75. The van der Waals surface area contributed by atoms with Gasteiger partial charge in [0.15, 0.2) is 0 Å². The second-order valence-corrected chi connectivity index (χ2v) is 10.1. The largest absolute Gasteiger partial charge is 0.322 e. The maximum Gasteiger partial charge on any atom is 0.255 e. The number of sulfonamides is 1. The molecule has 1 amide bonds. The van der Waals surface area contributed by atoms with E-state index in [2.05, 4.69) is 19.2 Å². The van der Waals surface area contributed by atoms with E-state index in [4.69, 9.17) is 0 Å². The lowest BCUT2D eigenvalue weighted by Gasteiger charge is -2.34. The summed E-state index contributed by atoms with van der Waals surface area (Å²) in [5.74, 6) is 0.505. The van der Waals surface area contributed by atoms with Crippen LogP contribution < -0.4 is 5.32 Å². The molecule has 6 heteroatoms. The van der Waals surface area contributed by atoms with Crippen LogP contribution in [0.3, 0.4) is 0 Å². The van der Waals surface area contributed by atoms with Crippen molar-refractivity contribution in [2.75, 3.05) is 18.4 Å². The van der Waals surface area contributed by atoms with Crippen molar-refractivity contribution in [1.82, 2.24) is 4.31 Å². The van der Waals surface area contributed by atoms with E-state index in [1.807, 2.05) is 32.0 Å². The van der Waals surface area contributed by atoms with Crippen LogP contribution in [0.15, 0.2) is 47.4 Å². The van der Waals surface area contributed by atoms with Crippen molar-refractivity contribution in [3.8, 4) is 0 Å². The van der Waals surface area contributed by atoms with Gasteiger partial charge in [0.05, 0.1) is 4.90 Å². The summed E-state index contributed by atoms with van der Waals surface area (Å²) in [7, 11) is -3.52. The van der Waals surface area contributed by atoms with Crippen molar-refractivity contribution in [3.05, 3.63) is 59.2 Å². The van der Waals surface area contributed by atoms with Crippen molar-refractivity contribution in [3.63, 3.8) is 0 Å². The fourth-order valence-corrected chi connectivity index (χ4v) is 5.65. The van der Waals surface area contributed by atoms with Crippen LogP contribution in [0.2, 0.25) is 0 Å². The summed E-state index contributed by atoms with van der Waals surface area (Å²) in [6.45, 7) is 9.18. The lowest BCUT2D eigenvalue weighted by Crippen LogP contribution is -2.42. The number of anilines is 1. The van der Waals surface area contributed by atoms with Crippen LogP contribution in [0.25, 0.3) is 0 Å². The number of hydrogen-bond acceptors (Lipinski definition) is 3. The van der Waals surface area contributed by atoms with E-state index in [1.54, 1.807) is 28.6 Å². The summed E-state index contributed by atoms with van der Waals surface area (Å²) in [4.78, 5) is 12.7. The normalized spacial score (nSPS) is 20.7. The van der Waals surface area contributed by atoms with Crippen molar-refractivity contribution in [2.45, 2.75) is 39.0 Å². The third-order valence-corrected chi connectivity index (χ3v) is 6.92. The summed E-state index contributed by atoms with van der Waals surface area (Å²) in [5.41, 5.74) is 3.21. The SMILES string of the molecule is Cc1cc(C)cc(C(=O)Nc2ccc(S(=O)(=O)N3C[C@H](C)C[C@@H](C)C3)cc2)c1. The number of nitrogens with one attached hydrogen (secondary N) is 1. The second kappa shape index (κ2) is 8.05. The Morgan fingerprint density at radius 2 is 1.50 bits per heavy atom. The molecule has 0 bridgehead atoms. The molecule has 0 aliphatic carbocycles. The first-order chi connectivity index (χ1) is 13.1. The first-order valence-corrected chi connectivity index (χ1v) is 11.1. The molecule has 1 aliphatic heterocycles. The van der Waals surface area contributed by atoms with Crippen molar-refractivity contribution in [2.24, 2.45) is 11.8 Å². The van der Waals surface area contributed by atoms with Gasteiger partial charge < -0.3 is 5.32 Å². The molecule has 1 fully saturated rings. The molecule has 0 unspecified atom stereocenters. The molecule has 2 aromatic rings. The number of hydrogen-bond donors (Lipinski definition) is 1. The number of carbonyl (C=O) groups excluding carboxylic acids is 1. The van der Waals surface area contributed by atoms with Crippen molar-refractivity contribution in [1.29, 1.82) is 0 Å². The molecule has 2 atom stereocenters. The number of carbonyl (C=O) groups is 1. The van der Waals surface area contributed by atoms with Crippen LogP contribution in [0, 0.1) is 25.7 Å². The average molecular weight is 401 g/mol. The third kappa shape index (κ3) is 4.62. The van der Waals surface area contributed by atoms with Gasteiger partial charge in [-0.2, -0.15) is 4.31 Å². The highest BCUT2D eigenvalue weighted by atomic mass is 32.2. The van der Waals surface area contributed by atoms with Gasteiger partial charge in [-0.05, 0) is 68.5 Å². The Kier molecular flexibility index (Phi) is 5.91. The first-order valence-electron chi connectivity index (χ1n) is 9.65. The highest BCUT2D eigenvalue weighted by molar-refractivity contribution is 7.89. The number of benzene rings is 2. The molecule has 0 radical (unpaired) electrons. The molecule has 3 rings (SSSR count). The first kappa shape index (κ1) is 20.6. The van der Waals surface area contributed by atoms with E-state index in [1.165, 1.54) is 0 Å². The topological polar surface area (TPSA) is 66.5 Å². The molecule has 150 valence electrons. The monoisotopic (exact) mass is 400 g/mol. The maximum atomic E-state index is 12.9. The van der Waals surface area contributed by atoms with Crippen LogP contribution in [0.4, 0.5) is 5.69 Å². The van der Waals surface area contributed by atoms with Gasteiger partial charge >= 0.3 is 0 Å². The Labute approximate surface area is 167 Å². The minimum atomic E-state index is -3.52. The van der Waals surface area contributed by atoms with Crippen LogP contribution in [0.1, 0.15) is 41.8 Å². The van der Waals surface area contributed by atoms with Gasteiger partial charge in [-0.3, -0.25) is 4.79 Å². The minimum Gasteiger partial charge on any atom is -0.322 e. The summed E-state index contributed by atoms with van der Waals surface area (Å²) in [6, 6.07) is 12.1. The number of rotatable bonds is 4. The zero-order valence-corrected chi connectivity index (χ0v) is 17.7. The van der Waals surface area contributed by atoms with Crippen molar-refractivity contribution < 1.29 is 13.2 Å². The van der Waals surface area contributed by atoms with E-state index in [0.717, 1.165) is 17.5 Å². The maximum absolute atomic E-state index is 12.9. The summed E-state index contributed by atoms with van der Waals surface area (Å²) in [5, 5.41) is 2.84. The molecule has 1 N–H and O–H groups in total. The van der Waals surface area contributed by atoms with Crippen LogP contribution in [-0.2, 0) is 10.0 Å². The predicted molar refractivity (Wildman–Crippen MR) is 112 cm³/mol. The highest BCUT2D eigenvalue weighted by Gasteiger charge is 2.31. The summed E-state index contributed by atoms with van der Waals surface area (Å²) in [6.07, 6.45) is 1.05. The standard InChI is InChI=1S/C22H28N2O3S/c1-15-9-16(2)12-19(11-15)22(25)23-20-5-7-21(8-6-20)28(26,27)24-13-17(3)10-18(4)14-24/h5-9,11-12,17-18H,10,13-14H2,1-4H3,(H,23,25)/t17-,18-/m1/s1. The number of piperidine rings is 1. The Bertz CT molecular complexity index is 938. The molecule has 5 nitrogen and oxygen atoms in total. The number of amides is 1. The Morgan fingerprint density at radius 1 is 0.964 bits per heavy atom. The second-order valence-electron chi connectivity index (χ2n) is 8.12.